The number of nitrogens with one attached hydrogen (secondary N) is 2. The summed E-state index contributed by atoms with van der Waals surface area (Å²) >= 11 is 1.80. The van der Waals surface area contributed by atoms with Crippen LogP contribution in [-0.2, 0) is 0 Å². The maximum absolute atomic E-state index is 12.0. The van der Waals surface area contributed by atoms with Gasteiger partial charge in [0.15, 0.2) is 0 Å². The van der Waals surface area contributed by atoms with Crippen molar-refractivity contribution in [2.24, 2.45) is 0 Å². The van der Waals surface area contributed by atoms with E-state index in [4.69, 9.17) is 0 Å². The Kier molecular flexibility index (Phi) is 3.79. The Morgan fingerprint density at radius 2 is 2.00 bits per heavy atom. The topological polar surface area (TPSA) is 74.8 Å². The molecule has 1 aliphatic carbocycles. The molecule has 3 rings (SSSR count). The van der Waals surface area contributed by atoms with Crippen molar-refractivity contribution < 1.29 is 4.79 Å². The average molecular weight is 301 g/mol. The predicted octanol–water partition coefficient (Wildman–Crippen LogP) is 1.82. The van der Waals surface area contributed by atoms with Crippen molar-refractivity contribution in [1.82, 2.24) is 15.5 Å². The number of carbonyl (C=O) groups excluding carboxylic acids is 1. The molecule has 0 aliphatic heterocycles. The fourth-order valence-electron chi connectivity index (χ4n) is 2.00. The maximum Gasteiger partial charge on any atom is 0.271 e. The van der Waals surface area contributed by atoms with Gasteiger partial charge in [-0.15, -0.1) is 11.8 Å². The number of H-pyrrole nitrogens is 1. The highest BCUT2D eigenvalue weighted by Crippen LogP contribution is 2.51. The summed E-state index contributed by atoms with van der Waals surface area (Å²) in [6, 6.07) is 12.9. The van der Waals surface area contributed by atoms with E-state index in [-0.39, 0.29) is 21.9 Å². The summed E-state index contributed by atoms with van der Waals surface area (Å²) in [5.74, 6) is -0.258. The molecule has 1 fully saturated rings. The average Bonchev–Trinajstić information content (AvgIpc) is 3.27. The normalized spacial score (nSPS) is 15.4. The number of aromatic amines is 1. The van der Waals surface area contributed by atoms with Crippen LogP contribution in [0, 0.1) is 0 Å². The van der Waals surface area contributed by atoms with Gasteiger partial charge in [-0.3, -0.25) is 9.59 Å². The number of carbonyl (C=O) groups is 1. The Morgan fingerprint density at radius 1 is 1.24 bits per heavy atom. The van der Waals surface area contributed by atoms with Gasteiger partial charge in [-0.05, 0) is 31.0 Å². The molecular formula is C15H15N3O2S. The number of aromatic nitrogens is 2. The standard InChI is InChI=1S/C15H15N3O2S/c19-13-7-6-12(17-18-13)14(20)16-10-15(8-9-15)21-11-4-2-1-3-5-11/h1-7H,8-10H2,(H,16,20)(H,18,19). The van der Waals surface area contributed by atoms with Crippen LogP contribution in [0.4, 0.5) is 0 Å². The second kappa shape index (κ2) is 5.73. The molecule has 6 heteroatoms. The number of amides is 1. The van der Waals surface area contributed by atoms with Crippen molar-refractivity contribution in [3.05, 3.63) is 58.5 Å². The predicted molar refractivity (Wildman–Crippen MR) is 81.5 cm³/mol. The van der Waals surface area contributed by atoms with Gasteiger partial charge in [0.1, 0.15) is 5.69 Å². The fourth-order valence-corrected chi connectivity index (χ4v) is 3.24. The summed E-state index contributed by atoms with van der Waals surface area (Å²) in [4.78, 5) is 24.1. The molecule has 1 aromatic heterocycles. The van der Waals surface area contributed by atoms with Crippen molar-refractivity contribution in [2.45, 2.75) is 22.5 Å². The van der Waals surface area contributed by atoms with Crippen LogP contribution in [0.3, 0.4) is 0 Å². The lowest BCUT2D eigenvalue weighted by atomic mass is 10.3. The van der Waals surface area contributed by atoms with E-state index in [0.717, 1.165) is 12.8 Å². The second-order valence-electron chi connectivity index (χ2n) is 5.09. The summed E-state index contributed by atoms with van der Waals surface area (Å²) in [5.41, 5.74) is -0.0834. The van der Waals surface area contributed by atoms with E-state index in [1.165, 1.54) is 17.0 Å². The van der Waals surface area contributed by atoms with E-state index >= 15 is 0 Å². The van der Waals surface area contributed by atoms with E-state index in [1.54, 1.807) is 11.8 Å². The zero-order valence-corrected chi connectivity index (χ0v) is 12.2. The highest BCUT2D eigenvalue weighted by atomic mass is 32.2. The monoisotopic (exact) mass is 301 g/mol. The molecule has 1 aromatic carbocycles. The van der Waals surface area contributed by atoms with Crippen molar-refractivity contribution in [1.29, 1.82) is 0 Å². The van der Waals surface area contributed by atoms with Crippen molar-refractivity contribution >= 4 is 17.7 Å². The molecule has 0 radical (unpaired) electrons. The van der Waals surface area contributed by atoms with E-state index in [9.17, 15) is 9.59 Å². The molecule has 0 spiro atoms. The Balaban J connectivity index is 1.58. The molecule has 1 amide bonds. The van der Waals surface area contributed by atoms with Crippen LogP contribution < -0.4 is 10.9 Å². The van der Waals surface area contributed by atoms with E-state index in [1.807, 2.05) is 18.2 Å². The minimum absolute atomic E-state index is 0.0964. The molecule has 2 aromatic rings. The first-order chi connectivity index (χ1) is 10.2. The highest BCUT2D eigenvalue weighted by Gasteiger charge is 2.43. The number of thioether (sulfide) groups is 1. The third kappa shape index (κ3) is 3.52. The molecule has 1 aliphatic rings. The Labute approximate surface area is 126 Å². The molecule has 108 valence electrons. The van der Waals surface area contributed by atoms with Crippen molar-refractivity contribution in [3.63, 3.8) is 0 Å². The van der Waals surface area contributed by atoms with Gasteiger partial charge >= 0.3 is 0 Å². The zero-order valence-electron chi connectivity index (χ0n) is 11.3. The van der Waals surface area contributed by atoms with Crippen LogP contribution in [-0.4, -0.2) is 27.4 Å². The van der Waals surface area contributed by atoms with Crippen LogP contribution in [0.1, 0.15) is 23.3 Å². The third-order valence-corrected chi connectivity index (χ3v) is 4.86. The van der Waals surface area contributed by atoms with Crippen molar-refractivity contribution in [3.8, 4) is 0 Å². The Hall–Kier alpha value is -2.08. The second-order valence-corrected chi connectivity index (χ2v) is 6.63. The number of rotatable bonds is 5. The van der Waals surface area contributed by atoms with Crippen LogP contribution in [0.5, 0.6) is 0 Å². The number of hydrogen-bond donors (Lipinski definition) is 2. The highest BCUT2D eigenvalue weighted by molar-refractivity contribution is 8.01. The Bertz CT molecular complexity index is 675. The van der Waals surface area contributed by atoms with Crippen LogP contribution >= 0.6 is 11.8 Å². The van der Waals surface area contributed by atoms with E-state index < -0.39 is 0 Å². The smallest absolute Gasteiger partial charge is 0.271 e. The first-order valence-corrected chi connectivity index (χ1v) is 7.57. The summed E-state index contributed by atoms with van der Waals surface area (Å²) in [5, 5.41) is 8.89. The number of hydrogen-bond acceptors (Lipinski definition) is 4. The summed E-state index contributed by atoms with van der Waals surface area (Å²) in [6.07, 6.45) is 2.18. The first kappa shape index (κ1) is 13.9. The first-order valence-electron chi connectivity index (χ1n) is 6.75. The lowest BCUT2D eigenvalue weighted by molar-refractivity contribution is 0.0947. The van der Waals surface area contributed by atoms with E-state index in [0.29, 0.717) is 6.54 Å². The zero-order chi connectivity index (χ0) is 14.7. The molecule has 0 unspecified atom stereocenters. The van der Waals surface area contributed by atoms with Gasteiger partial charge in [-0.25, -0.2) is 5.10 Å². The quantitative estimate of drug-likeness (QED) is 0.883. The third-order valence-electron chi connectivity index (χ3n) is 3.37. The van der Waals surface area contributed by atoms with Crippen LogP contribution in [0.25, 0.3) is 0 Å². The molecule has 0 atom stereocenters. The van der Waals surface area contributed by atoms with Crippen molar-refractivity contribution in [2.75, 3.05) is 6.54 Å². The number of nitrogens with zero attached hydrogens (tertiary/aromatic N) is 1. The fraction of sp³-hybridized carbons (Fsp3) is 0.267. The molecule has 1 saturated carbocycles. The van der Waals surface area contributed by atoms with Gasteiger partial charge < -0.3 is 5.32 Å². The molecule has 0 saturated heterocycles. The lowest BCUT2D eigenvalue weighted by Crippen LogP contribution is -2.32. The molecular weight excluding hydrogens is 286 g/mol. The maximum atomic E-state index is 12.0. The molecule has 2 N–H and O–H groups in total. The molecule has 1 heterocycles. The molecule has 5 nitrogen and oxygen atoms in total. The minimum atomic E-state index is -0.315. The SMILES string of the molecule is O=C(NCC1(Sc2ccccc2)CC1)c1ccc(=O)[nH]n1. The van der Waals surface area contributed by atoms with E-state index in [2.05, 4.69) is 27.6 Å². The molecule has 21 heavy (non-hydrogen) atoms. The largest absolute Gasteiger partial charge is 0.349 e. The van der Waals surface area contributed by atoms with Crippen LogP contribution in [0.2, 0.25) is 0 Å². The van der Waals surface area contributed by atoms with Gasteiger partial charge in [0.25, 0.3) is 11.5 Å². The molecule has 0 bridgehead atoms. The van der Waals surface area contributed by atoms with Gasteiger partial charge in [0.2, 0.25) is 0 Å². The van der Waals surface area contributed by atoms with Gasteiger partial charge in [-0.1, -0.05) is 18.2 Å². The van der Waals surface area contributed by atoms with Gasteiger partial charge in [-0.2, -0.15) is 5.10 Å². The Morgan fingerprint density at radius 3 is 2.62 bits per heavy atom. The van der Waals surface area contributed by atoms with Crippen LogP contribution in [0.15, 0.2) is 52.2 Å². The van der Waals surface area contributed by atoms with Gasteiger partial charge in [0.05, 0.1) is 0 Å². The minimum Gasteiger partial charge on any atom is -0.349 e. The number of benzene rings is 1. The van der Waals surface area contributed by atoms with Gasteiger partial charge in [0, 0.05) is 22.3 Å². The summed E-state index contributed by atoms with van der Waals surface area (Å²) in [6.45, 7) is 0.603. The summed E-state index contributed by atoms with van der Waals surface area (Å²) < 4.78 is 0.0964. The summed E-state index contributed by atoms with van der Waals surface area (Å²) in [7, 11) is 0. The lowest BCUT2D eigenvalue weighted by Gasteiger charge is -2.15.